The second kappa shape index (κ2) is 6.19. The predicted molar refractivity (Wildman–Crippen MR) is 78.1 cm³/mol. The molecule has 1 N–H and O–H groups in total. The number of fused-ring (bicyclic) bond motifs is 2. The van der Waals surface area contributed by atoms with Gasteiger partial charge in [0.05, 0.1) is 6.33 Å². The molecule has 4 rings (SSSR count). The minimum absolute atomic E-state index is 0.0135. The highest BCUT2D eigenvalue weighted by Gasteiger charge is 2.54. The number of nitrogens with zero attached hydrogens (tertiary/aromatic N) is 4. The zero-order valence-electron chi connectivity index (χ0n) is 13.4. The molecule has 134 valence electrons. The van der Waals surface area contributed by atoms with Crippen molar-refractivity contribution in [1.29, 1.82) is 0 Å². The highest BCUT2D eigenvalue weighted by Crippen LogP contribution is 2.40. The Kier molecular flexibility index (Phi) is 4.00. The van der Waals surface area contributed by atoms with Crippen molar-refractivity contribution in [3.8, 4) is 5.88 Å². The lowest BCUT2D eigenvalue weighted by molar-refractivity contribution is -0.257. The predicted octanol–water partition coefficient (Wildman–Crippen LogP) is -0.294. The van der Waals surface area contributed by atoms with E-state index in [1.54, 1.807) is 4.57 Å². The Hall–Kier alpha value is -2.34. The third-order valence-corrected chi connectivity index (χ3v) is 4.08. The van der Waals surface area contributed by atoms with E-state index in [-0.39, 0.29) is 18.0 Å². The number of aromatic nitrogens is 4. The highest BCUT2D eigenvalue weighted by molar-refractivity contribution is 5.75. The monoisotopic (exact) mass is 352 g/mol. The standard InChI is InChI=1S/C14H16N4O7/c1-6(19)22-3-7-9-10(25-14(21-2)24-9)13(23-7)18-5-17-8-11(18)15-4-16-12(8)20/h4-5,7,9-10,13-14H,3H2,1-2H3,(H,15,16,20)/t7-,9-,10-,13-,14?/m1/s1. The molecule has 0 amide bonds. The Bertz CT molecular complexity index is 797. The van der Waals surface area contributed by atoms with Gasteiger partial charge in [-0.15, -0.1) is 0 Å². The van der Waals surface area contributed by atoms with Crippen LogP contribution < -0.4 is 0 Å². The molecular formula is C14H16N4O7. The molecule has 1 unspecified atom stereocenters. The first-order valence-corrected chi connectivity index (χ1v) is 7.57. The number of rotatable bonds is 4. The van der Waals surface area contributed by atoms with Gasteiger partial charge < -0.3 is 28.8 Å². The van der Waals surface area contributed by atoms with Crippen LogP contribution in [0.15, 0.2) is 12.7 Å². The normalized spacial score (nSPS) is 31.4. The van der Waals surface area contributed by atoms with Crippen LogP contribution in [0.3, 0.4) is 0 Å². The summed E-state index contributed by atoms with van der Waals surface area (Å²) in [5.41, 5.74) is 0.627. The topological polar surface area (TPSA) is 127 Å². The number of esters is 1. The zero-order valence-corrected chi connectivity index (χ0v) is 13.4. The van der Waals surface area contributed by atoms with E-state index in [0.29, 0.717) is 5.65 Å². The number of carbonyl (C=O) groups excluding carboxylic acids is 1. The third kappa shape index (κ3) is 2.70. The fourth-order valence-electron chi connectivity index (χ4n) is 3.00. The molecule has 2 fully saturated rings. The van der Waals surface area contributed by atoms with Gasteiger partial charge in [-0.25, -0.2) is 9.97 Å². The number of ether oxygens (including phenoxy) is 5. The fraction of sp³-hybridized carbons (Fsp3) is 0.571. The van der Waals surface area contributed by atoms with Crippen molar-refractivity contribution in [2.24, 2.45) is 0 Å². The van der Waals surface area contributed by atoms with Crippen LogP contribution in [-0.4, -0.2) is 69.1 Å². The van der Waals surface area contributed by atoms with Crippen molar-refractivity contribution in [3.63, 3.8) is 0 Å². The van der Waals surface area contributed by atoms with Crippen molar-refractivity contribution >= 4 is 17.1 Å². The van der Waals surface area contributed by atoms with Crippen LogP contribution in [0.25, 0.3) is 11.2 Å². The fourth-order valence-corrected chi connectivity index (χ4v) is 3.00. The van der Waals surface area contributed by atoms with E-state index in [0.717, 1.165) is 0 Å². The summed E-state index contributed by atoms with van der Waals surface area (Å²) in [5, 5.41) is 9.79. The summed E-state index contributed by atoms with van der Waals surface area (Å²) in [6, 6.07) is 0. The average Bonchev–Trinajstić information content (AvgIpc) is 3.26. The lowest BCUT2D eigenvalue weighted by Crippen LogP contribution is -2.32. The summed E-state index contributed by atoms with van der Waals surface area (Å²) in [6.07, 6.45) is 0.473. The van der Waals surface area contributed by atoms with Gasteiger partial charge in [0, 0.05) is 14.0 Å². The van der Waals surface area contributed by atoms with Gasteiger partial charge in [-0.1, -0.05) is 0 Å². The summed E-state index contributed by atoms with van der Waals surface area (Å²) in [6.45, 7) is 0.482. The second-order valence-corrected chi connectivity index (χ2v) is 5.61. The number of aromatic hydroxyl groups is 1. The molecule has 25 heavy (non-hydrogen) atoms. The molecule has 2 aliphatic heterocycles. The molecule has 4 heterocycles. The molecule has 5 atom stereocenters. The van der Waals surface area contributed by atoms with Crippen LogP contribution >= 0.6 is 0 Å². The van der Waals surface area contributed by atoms with E-state index in [1.165, 1.54) is 26.7 Å². The van der Waals surface area contributed by atoms with Crippen molar-refractivity contribution in [2.75, 3.05) is 13.7 Å². The Morgan fingerprint density at radius 2 is 2.08 bits per heavy atom. The largest absolute Gasteiger partial charge is 0.492 e. The van der Waals surface area contributed by atoms with Gasteiger partial charge in [-0.05, 0) is 0 Å². The first-order valence-electron chi connectivity index (χ1n) is 7.57. The first kappa shape index (κ1) is 16.1. The molecule has 0 saturated carbocycles. The van der Waals surface area contributed by atoms with Gasteiger partial charge >= 0.3 is 5.97 Å². The molecule has 0 spiro atoms. The highest BCUT2D eigenvalue weighted by atomic mass is 16.9. The molecular weight excluding hydrogens is 336 g/mol. The van der Waals surface area contributed by atoms with E-state index in [9.17, 15) is 9.90 Å². The van der Waals surface area contributed by atoms with Gasteiger partial charge in [-0.3, -0.25) is 9.36 Å². The van der Waals surface area contributed by atoms with E-state index in [1.807, 2.05) is 0 Å². The number of imidazole rings is 1. The number of carbonyl (C=O) groups is 1. The van der Waals surface area contributed by atoms with E-state index < -0.39 is 37.0 Å². The maximum absolute atomic E-state index is 11.1. The molecule has 11 heteroatoms. The zero-order chi connectivity index (χ0) is 17.6. The molecule has 0 aromatic carbocycles. The summed E-state index contributed by atoms with van der Waals surface area (Å²) >= 11 is 0. The van der Waals surface area contributed by atoms with Crippen molar-refractivity contribution in [2.45, 2.75) is 37.9 Å². The first-order chi connectivity index (χ1) is 12.1. The van der Waals surface area contributed by atoms with Gasteiger partial charge in [0.1, 0.15) is 31.2 Å². The van der Waals surface area contributed by atoms with E-state index in [4.69, 9.17) is 23.7 Å². The summed E-state index contributed by atoms with van der Waals surface area (Å²) in [7, 11) is 1.46. The van der Waals surface area contributed by atoms with Crippen LogP contribution in [0.5, 0.6) is 5.88 Å². The van der Waals surface area contributed by atoms with Crippen molar-refractivity contribution in [3.05, 3.63) is 12.7 Å². The SMILES string of the molecule is COC1O[C@@H]2[C@H](O1)[C@@H](COC(C)=O)O[C@H]2n1cnc2c(O)ncnc21. The second-order valence-electron chi connectivity index (χ2n) is 5.61. The van der Waals surface area contributed by atoms with Crippen LogP contribution in [-0.2, 0) is 28.5 Å². The molecule has 0 bridgehead atoms. The van der Waals surface area contributed by atoms with Crippen molar-refractivity contribution in [1.82, 2.24) is 19.5 Å². The third-order valence-electron chi connectivity index (χ3n) is 4.08. The molecule has 0 aliphatic carbocycles. The Balaban J connectivity index is 1.66. The Morgan fingerprint density at radius 3 is 2.84 bits per heavy atom. The number of hydrogen-bond acceptors (Lipinski definition) is 10. The number of hydrogen-bond donors (Lipinski definition) is 1. The van der Waals surface area contributed by atoms with Gasteiger partial charge in [0.25, 0.3) is 6.48 Å². The Labute approximate surface area is 141 Å². The summed E-state index contributed by atoms with van der Waals surface area (Å²) < 4.78 is 29.1. The maximum atomic E-state index is 11.1. The quantitative estimate of drug-likeness (QED) is 0.733. The summed E-state index contributed by atoms with van der Waals surface area (Å²) in [5.74, 6) is -0.648. The minimum Gasteiger partial charge on any atom is -0.492 e. The molecule has 11 nitrogen and oxygen atoms in total. The Morgan fingerprint density at radius 1 is 1.28 bits per heavy atom. The molecule has 2 aromatic heterocycles. The molecule has 2 aromatic rings. The number of methoxy groups -OCH3 is 1. The molecule has 2 saturated heterocycles. The lowest BCUT2D eigenvalue weighted by Gasteiger charge is -2.20. The molecule has 2 aliphatic rings. The van der Waals surface area contributed by atoms with Gasteiger partial charge in [-0.2, -0.15) is 4.98 Å². The van der Waals surface area contributed by atoms with Crippen LogP contribution in [0, 0.1) is 0 Å². The van der Waals surface area contributed by atoms with Crippen LogP contribution in [0.2, 0.25) is 0 Å². The lowest BCUT2D eigenvalue weighted by atomic mass is 10.1. The van der Waals surface area contributed by atoms with Crippen LogP contribution in [0.1, 0.15) is 13.2 Å². The average molecular weight is 352 g/mol. The smallest absolute Gasteiger partial charge is 0.302 e. The van der Waals surface area contributed by atoms with Crippen LogP contribution in [0.4, 0.5) is 0 Å². The van der Waals surface area contributed by atoms with Crippen molar-refractivity contribution < 1.29 is 33.6 Å². The summed E-state index contributed by atoms with van der Waals surface area (Å²) in [4.78, 5) is 23.0. The minimum atomic E-state index is -0.848. The maximum Gasteiger partial charge on any atom is 0.302 e. The van der Waals surface area contributed by atoms with E-state index in [2.05, 4.69) is 15.0 Å². The molecule has 0 radical (unpaired) electrons. The van der Waals surface area contributed by atoms with Gasteiger partial charge in [0.2, 0.25) is 5.88 Å². The van der Waals surface area contributed by atoms with E-state index >= 15 is 0 Å². The van der Waals surface area contributed by atoms with Gasteiger partial charge in [0.15, 0.2) is 17.4 Å².